The highest BCUT2D eigenvalue weighted by atomic mass is 35.5. The Morgan fingerprint density at radius 2 is 1.50 bits per heavy atom. The highest BCUT2D eigenvalue weighted by Crippen LogP contribution is 2.38. The molecule has 206 valence electrons. The van der Waals surface area contributed by atoms with Gasteiger partial charge in [0, 0.05) is 33.8 Å². The molecular formula is C33H34ClN3O3. The molecule has 3 N–H and O–H groups in total. The smallest absolute Gasteiger partial charge is 0.255 e. The van der Waals surface area contributed by atoms with Crippen LogP contribution in [0, 0.1) is 0 Å². The van der Waals surface area contributed by atoms with E-state index in [1.54, 1.807) is 48.5 Å². The van der Waals surface area contributed by atoms with E-state index in [4.69, 9.17) is 11.6 Å². The summed E-state index contributed by atoms with van der Waals surface area (Å²) in [6.45, 7) is 3.66. The van der Waals surface area contributed by atoms with Crippen molar-refractivity contribution in [2.45, 2.75) is 31.6 Å². The third-order valence-electron chi connectivity index (χ3n) is 7.66. The molecule has 0 bridgehead atoms. The summed E-state index contributed by atoms with van der Waals surface area (Å²) in [5.74, 6) is 0.471. The maximum Gasteiger partial charge on any atom is 0.255 e. The van der Waals surface area contributed by atoms with Gasteiger partial charge in [-0.1, -0.05) is 48.0 Å². The molecule has 1 heterocycles. The van der Waals surface area contributed by atoms with Gasteiger partial charge in [-0.05, 0) is 111 Å². The summed E-state index contributed by atoms with van der Waals surface area (Å²) < 4.78 is 0. The van der Waals surface area contributed by atoms with Crippen molar-refractivity contribution in [1.82, 2.24) is 10.2 Å². The normalized spacial score (nSPS) is 14.2. The molecule has 0 aliphatic carbocycles. The second kappa shape index (κ2) is 13.0. The van der Waals surface area contributed by atoms with E-state index in [9.17, 15) is 14.7 Å². The number of amides is 2. The van der Waals surface area contributed by atoms with Crippen LogP contribution in [-0.4, -0.2) is 48.0 Å². The van der Waals surface area contributed by atoms with Crippen molar-refractivity contribution in [1.29, 1.82) is 0 Å². The van der Waals surface area contributed by atoms with Gasteiger partial charge in [-0.25, -0.2) is 0 Å². The van der Waals surface area contributed by atoms with Crippen LogP contribution >= 0.6 is 11.6 Å². The third-order valence-corrected chi connectivity index (χ3v) is 7.91. The summed E-state index contributed by atoms with van der Waals surface area (Å²) in [5, 5.41) is 19.2. The Balaban J connectivity index is 0.999. The topological polar surface area (TPSA) is 81.7 Å². The zero-order chi connectivity index (χ0) is 27.9. The predicted octanol–water partition coefficient (Wildman–Crippen LogP) is 6.84. The summed E-state index contributed by atoms with van der Waals surface area (Å²) in [4.78, 5) is 27.4. The molecule has 0 aromatic heterocycles. The third kappa shape index (κ3) is 6.82. The van der Waals surface area contributed by atoms with Gasteiger partial charge in [-0.15, -0.1) is 0 Å². The van der Waals surface area contributed by atoms with E-state index in [0.717, 1.165) is 61.7 Å². The second-order valence-corrected chi connectivity index (χ2v) is 10.8. The molecule has 4 aromatic carbocycles. The molecule has 0 saturated carbocycles. The Labute approximate surface area is 240 Å². The molecule has 1 aliphatic heterocycles. The Bertz CT molecular complexity index is 1460. The molecule has 4 aromatic rings. The SMILES string of the molecule is O=C(NCCCCN1CCC(c2ccc3ccccc3c2O)CC1)c1ccc(NC(=O)c2ccc(Cl)cc2)cc1. The van der Waals surface area contributed by atoms with Crippen LogP contribution in [0.1, 0.15) is 57.9 Å². The number of halogens is 1. The van der Waals surface area contributed by atoms with Gasteiger partial charge in [0.2, 0.25) is 0 Å². The van der Waals surface area contributed by atoms with E-state index in [1.807, 2.05) is 24.3 Å². The molecule has 5 rings (SSSR count). The fourth-order valence-electron chi connectivity index (χ4n) is 5.34. The van der Waals surface area contributed by atoms with Crippen molar-refractivity contribution in [2.24, 2.45) is 0 Å². The Morgan fingerprint density at radius 1 is 0.825 bits per heavy atom. The van der Waals surface area contributed by atoms with Crippen LogP contribution in [0.5, 0.6) is 5.75 Å². The minimum Gasteiger partial charge on any atom is -0.507 e. The summed E-state index contributed by atoms with van der Waals surface area (Å²) in [6, 6.07) is 25.7. The summed E-state index contributed by atoms with van der Waals surface area (Å²) in [6.07, 6.45) is 4.01. The first-order chi connectivity index (χ1) is 19.5. The van der Waals surface area contributed by atoms with Gasteiger partial charge in [0.15, 0.2) is 0 Å². The minimum absolute atomic E-state index is 0.119. The average Bonchev–Trinajstić information content (AvgIpc) is 2.98. The molecule has 0 unspecified atom stereocenters. The Hall–Kier alpha value is -3.87. The number of nitrogens with one attached hydrogen (secondary N) is 2. The fourth-order valence-corrected chi connectivity index (χ4v) is 5.47. The lowest BCUT2D eigenvalue weighted by Gasteiger charge is -2.32. The zero-order valence-corrected chi connectivity index (χ0v) is 23.2. The van der Waals surface area contributed by atoms with Gasteiger partial charge in [0.1, 0.15) is 5.75 Å². The maximum absolute atomic E-state index is 12.5. The number of benzene rings is 4. The molecule has 40 heavy (non-hydrogen) atoms. The minimum atomic E-state index is -0.232. The molecule has 7 heteroatoms. The summed E-state index contributed by atoms with van der Waals surface area (Å²) >= 11 is 5.88. The number of piperidine rings is 1. The lowest BCUT2D eigenvalue weighted by Crippen LogP contribution is -2.34. The first kappa shape index (κ1) is 27.7. The van der Waals surface area contributed by atoms with E-state index >= 15 is 0 Å². The first-order valence-electron chi connectivity index (χ1n) is 13.9. The van der Waals surface area contributed by atoms with Crippen molar-refractivity contribution in [3.8, 4) is 5.75 Å². The molecule has 6 nitrogen and oxygen atoms in total. The summed E-state index contributed by atoms with van der Waals surface area (Å²) in [7, 11) is 0. The monoisotopic (exact) mass is 555 g/mol. The number of anilines is 1. The quantitative estimate of drug-likeness (QED) is 0.197. The predicted molar refractivity (Wildman–Crippen MR) is 161 cm³/mol. The van der Waals surface area contributed by atoms with Crippen molar-refractivity contribution in [3.05, 3.63) is 107 Å². The van der Waals surface area contributed by atoms with Gasteiger partial charge in [0.25, 0.3) is 11.8 Å². The number of carbonyl (C=O) groups excluding carboxylic acids is 2. The number of fused-ring (bicyclic) bond motifs is 1. The van der Waals surface area contributed by atoms with Gasteiger partial charge < -0.3 is 20.6 Å². The lowest BCUT2D eigenvalue weighted by molar-refractivity contribution is 0.0951. The molecule has 1 fully saturated rings. The number of phenolic OH excluding ortho intramolecular Hbond substituents is 1. The first-order valence-corrected chi connectivity index (χ1v) is 14.2. The number of phenols is 1. The maximum atomic E-state index is 12.5. The van der Waals surface area contributed by atoms with Gasteiger partial charge in [-0.2, -0.15) is 0 Å². The van der Waals surface area contributed by atoms with Gasteiger partial charge >= 0.3 is 0 Å². The van der Waals surface area contributed by atoms with Crippen LogP contribution in [-0.2, 0) is 0 Å². The number of aromatic hydroxyl groups is 1. The number of rotatable bonds is 9. The molecule has 1 aliphatic rings. The van der Waals surface area contributed by atoms with E-state index < -0.39 is 0 Å². The van der Waals surface area contributed by atoms with Crippen LogP contribution in [0.25, 0.3) is 10.8 Å². The molecule has 0 spiro atoms. The lowest BCUT2D eigenvalue weighted by atomic mass is 9.87. The van der Waals surface area contributed by atoms with E-state index in [-0.39, 0.29) is 11.8 Å². The Morgan fingerprint density at radius 3 is 2.25 bits per heavy atom. The average molecular weight is 556 g/mol. The number of carbonyl (C=O) groups is 2. The molecule has 1 saturated heterocycles. The van der Waals surface area contributed by atoms with Crippen molar-refractivity contribution in [2.75, 3.05) is 31.5 Å². The van der Waals surface area contributed by atoms with E-state index in [1.165, 1.54) is 0 Å². The van der Waals surface area contributed by atoms with Crippen LogP contribution in [0.3, 0.4) is 0 Å². The van der Waals surface area contributed by atoms with E-state index in [2.05, 4.69) is 27.7 Å². The van der Waals surface area contributed by atoms with Crippen molar-refractivity contribution in [3.63, 3.8) is 0 Å². The van der Waals surface area contributed by atoms with Crippen LogP contribution < -0.4 is 10.6 Å². The largest absolute Gasteiger partial charge is 0.507 e. The number of likely N-dealkylation sites (tertiary alicyclic amines) is 1. The van der Waals surface area contributed by atoms with Crippen LogP contribution in [0.4, 0.5) is 5.69 Å². The van der Waals surface area contributed by atoms with Gasteiger partial charge in [-0.3, -0.25) is 9.59 Å². The van der Waals surface area contributed by atoms with Gasteiger partial charge in [0.05, 0.1) is 0 Å². The second-order valence-electron chi connectivity index (χ2n) is 10.3. The number of hydrogen-bond donors (Lipinski definition) is 3. The zero-order valence-electron chi connectivity index (χ0n) is 22.4. The Kier molecular flexibility index (Phi) is 8.99. The molecular weight excluding hydrogens is 522 g/mol. The number of nitrogens with zero attached hydrogens (tertiary/aromatic N) is 1. The summed E-state index contributed by atoms with van der Waals surface area (Å²) in [5.41, 5.74) is 2.76. The van der Waals surface area contributed by atoms with E-state index in [0.29, 0.717) is 40.0 Å². The number of unbranched alkanes of at least 4 members (excludes halogenated alkanes) is 1. The van der Waals surface area contributed by atoms with Crippen molar-refractivity contribution >= 4 is 39.9 Å². The van der Waals surface area contributed by atoms with Crippen LogP contribution in [0.2, 0.25) is 5.02 Å². The van der Waals surface area contributed by atoms with Crippen LogP contribution in [0.15, 0.2) is 84.9 Å². The molecule has 2 amide bonds. The standard InChI is InChI=1S/C33H34ClN3O3/c34-27-12-7-26(8-13-27)33(40)36-28-14-9-25(10-15-28)32(39)35-19-3-4-20-37-21-17-24(18-22-37)30-16-11-23-5-1-2-6-29(23)31(30)38/h1-2,5-16,24,38H,3-4,17-22H2,(H,35,39)(H,36,40). The fraction of sp³-hybridized carbons (Fsp3) is 0.273. The highest BCUT2D eigenvalue weighted by Gasteiger charge is 2.23. The highest BCUT2D eigenvalue weighted by molar-refractivity contribution is 6.30. The molecule has 0 atom stereocenters. The number of hydrogen-bond acceptors (Lipinski definition) is 4. The van der Waals surface area contributed by atoms with Crippen molar-refractivity contribution < 1.29 is 14.7 Å². The molecule has 0 radical (unpaired) electrons.